The molecule has 0 unspecified atom stereocenters. The molecular weight excluding hydrogens is 270 g/mol. The molecule has 116 valence electrons. The van der Waals surface area contributed by atoms with Crippen molar-refractivity contribution in [2.45, 2.75) is 31.7 Å². The molecule has 0 spiro atoms. The number of piperidine rings is 1. The van der Waals surface area contributed by atoms with E-state index < -0.39 is 0 Å². The molecule has 1 N–H and O–H groups in total. The second-order valence-corrected chi connectivity index (χ2v) is 5.11. The van der Waals surface area contributed by atoms with Crippen LogP contribution in [0, 0.1) is 0 Å². The summed E-state index contributed by atoms with van der Waals surface area (Å²) in [6.45, 7) is 1.28. The summed E-state index contributed by atoms with van der Waals surface area (Å²) in [7, 11) is 3.22. The lowest BCUT2D eigenvalue weighted by Gasteiger charge is -2.21. The average molecular weight is 293 g/mol. The number of esters is 1. The van der Waals surface area contributed by atoms with Gasteiger partial charge in [0.25, 0.3) is 0 Å². The lowest BCUT2D eigenvalue weighted by Crippen LogP contribution is -2.41. The topological polar surface area (TPSA) is 56.8 Å². The summed E-state index contributed by atoms with van der Waals surface area (Å²) in [6, 6.07) is 5.59. The van der Waals surface area contributed by atoms with E-state index in [1.807, 2.05) is 18.2 Å². The minimum atomic E-state index is -0.143. The molecule has 1 fully saturated rings. The average Bonchev–Trinajstić information content (AvgIpc) is 2.55. The summed E-state index contributed by atoms with van der Waals surface area (Å²) in [4.78, 5) is 11.9. The van der Waals surface area contributed by atoms with E-state index in [1.54, 1.807) is 14.2 Å². The first-order valence-corrected chi connectivity index (χ1v) is 7.35. The summed E-state index contributed by atoms with van der Waals surface area (Å²) in [5, 5.41) is 3.19. The van der Waals surface area contributed by atoms with Crippen molar-refractivity contribution in [3.63, 3.8) is 0 Å². The Morgan fingerprint density at radius 3 is 2.71 bits per heavy atom. The Kier molecular flexibility index (Phi) is 5.87. The Hall–Kier alpha value is -1.75. The third kappa shape index (κ3) is 4.36. The quantitative estimate of drug-likeness (QED) is 0.812. The Morgan fingerprint density at radius 1 is 1.24 bits per heavy atom. The van der Waals surface area contributed by atoms with Crippen molar-refractivity contribution in [3.8, 4) is 11.5 Å². The highest BCUT2D eigenvalue weighted by Gasteiger charge is 2.21. The SMILES string of the molecule is COc1ccc(CCOC(=O)[C@@H]2CCCCN2)cc1OC. The molecular formula is C16H23NO4. The smallest absolute Gasteiger partial charge is 0.323 e. The number of benzene rings is 1. The van der Waals surface area contributed by atoms with Crippen LogP contribution in [0.2, 0.25) is 0 Å². The lowest BCUT2D eigenvalue weighted by atomic mass is 10.1. The number of hydrogen-bond acceptors (Lipinski definition) is 5. The fraction of sp³-hybridized carbons (Fsp3) is 0.562. The molecule has 5 heteroatoms. The molecule has 0 amide bonds. The molecule has 1 saturated heterocycles. The first kappa shape index (κ1) is 15.6. The third-order valence-electron chi connectivity index (χ3n) is 3.68. The van der Waals surface area contributed by atoms with Gasteiger partial charge in [-0.1, -0.05) is 12.5 Å². The highest BCUT2D eigenvalue weighted by Crippen LogP contribution is 2.27. The van der Waals surface area contributed by atoms with E-state index in [4.69, 9.17) is 14.2 Å². The first-order chi connectivity index (χ1) is 10.2. The van der Waals surface area contributed by atoms with E-state index in [2.05, 4.69) is 5.32 Å². The molecule has 0 aliphatic carbocycles. The summed E-state index contributed by atoms with van der Waals surface area (Å²) >= 11 is 0. The summed E-state index contributed by atoms with van der Waals surface area (Å²) in [5.41, 5.74) is 1.05. The van der Waals surface area contributed by atoms with Gasteiger partial charge in [0.05, 0.1) is 20.8 Å². The van der Waals surface area contributed by atoms with Gasteiger partial charge in [-0.05, 0) is 37.1 Å². The molecule has 1 heterocycles. The van der Waals surface area contributed by atoms with Gasteiger partial charge in [0.2, 0.25) is 0 Å². The van der Waals surface area contributed by atoms with E-state index in [0.29, 0.717) is 24.5 Å². The first-order valence-electron chi connectivity index (χ1n) is 7.35. The van der Waals surface area contributed by atoms with Crippen LogP contribution in [0.3, 0.4) is 0 Å². The van der Waals surface area contributed by atoms with Crippen molar-refractivity contribution in [1.82, 2.24) is 5.32 Å². The molecule has 0 bridgehead atoms. The minimum Gasteiger partial charge on any atom is -0.493 e. The maximum atomic E-state index is 11.9. The molecule has 0 aromatic heterocycles. The minimum absolute atomic E-state index is 0.135. The number of carbonyl (C=O) groups is 1. The lowest BCUT2D eigenvalue weighted by molar-refractivity contribution is -0.146. The van der Waals surface area contributed by atoms with E-state index in [1.165, 1.54) is 0 Å². The van der Waals surface area contributed by atoms with Gasteiger partial charge >= 0.3 is 5.97 Å². The van der Waals surface area contributed by atoms with Crippen molar-refractivity contribution < 1.29 is 19.0 Å². The van der Waals surface area contributed by atoms with Crippen molar-refractivity contribution >= 4 is 5.97 Å². The zero-order valence-electron chi connectivity index (χ0n) is 12.7. The van der Waals surface area contributed by atoms with Gasteiger partial charge in [0.15, 0.2) is 11.5 Å². The van der Waals surface area contributed by atoms with Crippen molar-refractivity contribution in [2.75, 3.05) is 27.4 Å². The van der Waals surface area contributed by atoms with Crippen LogP contribution in [-0.4, -0.2) is 39.4 Å². The number of hydrogen-bond donors (Lipinski definition) is 1. The standard InChI is InChI=1S/C16H23NO4/c1-19-14-7-6-12(11-15(14)20-2)8-10-21-16(18)13-5-3-4-9-17-13/h6-7,11,13,17H,3-5,8-10H2,1-2H3/t13-/m0/s1. The number of ether oxygens (including phenoxy) is 3. The van der Waals surface area contributed by atoms with E-state index in [-0.39, 0.29) is 12.0 Å². The van der Waals surface area contributed by atoms with Crippen LogP contribution in [0.4, 0.5) is 0 Å². The predicted octanol–water partition coefficient (Wildman–Crippen LogP) is 1.93. The Bertz CT molecular complexity index is 469. The van der Waals surface area contributed by atoms with E-state index >= 15 is 0 Å². The van der Waals surface area contributed by atoms with Crippen LogP contribution < -0.4 is 14.8 Å². The summed E-state index contributed by atoms with van der Waals surface area (Å²) in [6.07, 6.45) is 3.76. The molecule has 0 radical (unpaired) electrons. The third-order valence-corrected chi connectivity index (χ3v) is 3.68. The van der Waals surface area contributed by atoms with Gasteiger partial charge in [-0.15, -0.1) is 0 Å². The Labute approximate surface area is 125 Å². The second kappa shape index (κ2) is 7.88. The highest BCUT2D eigenvalue weighted by atomic mass is 16.5. The Balaban J connectivity index is 1.81. The predicted molar refractivity (Wildman–Crippen MR) is 79.9 cm³/mol. The van der Waals surface area contributed by atoms with Gasteiger partial charge in [-0.25, -0.2) is 0 Å². The van der Waals surface area contributed by atoms with Gasteiger partial charge in [0, 0.05) is 6.42 Å². The fourth-order valence-corrected chi connectivity index (χ4v) is 2.46. The maximum Gasteiger partial charge on any atom is 0.323 e. The molecule has 0 saturated carbocycles. The molecule has 5 nitrogen and oxygen atoms in total. The molecule has 1 aliphatic heterocycles. The maximum absolute atomic E-state index is 11.9. The van der Waals surface area contributed by atoms with Crippen LogP contribution in [0.15, 0.2) is 18.2 Å². The normalized spacial score (nSPS) is 18.1. The summed E-state index contributed by atoms with van der Waals surface area (Å²) < 4.78 is 15.8. The van der Waals surface area contributed by atoms with Gasteiger partial charge in [-0.2, -0.15) is 0 Å². The van der Waals surface area contributed by atoms with Crippen LogP contribution in [-0.2, 0) is 16.0 Å². The van der Waals surface area contributed by atoms with Crippen molar-refractivity contribution in [1.29, 1.82) is 0 Å². The van der Waals surface area contributed by atoms with Crippen LogP contribution >= 0.6 is 0 Å². The zero-order chi connectivity index (χ0) is 15.1. The molecule has 21 heavy (non-hydrogen) atoms. The Morgan fingerprint density at radius 2 is 2.05 bits per heavy atom. The summed E-state index contributed by atoms with van der Waals surface area (Å²) in [5.74, 6) is 1.25. The molecule has 2 rings (SSSR count). The van der Waals surface area contributed by atoms with Crippen LogP contribution in [0.25, 0.3) is 0 Å². The van der Waals surface area contributed by atoms with Gasteiger partial charge < -0.3 is 19.5 Å². The van der Waals surface area contributed by atoms with Gasteiger partial charge in [0.1, 0.15) is 6.04 Å². The van der Waals surface area contributed by atoms with Crippen molar-refractivity contribution in [3.05, 3.63) is 23.8 Å². The number of carbonyl (C=O) groups excluding carboxylic acids is 1. The number of rotatable bonds is 6. The monoisotopic (exact) mass is 293 g/mol. The molecule has 1 aliphatic rings. The molecule has 1 atom stereocenters. The van der Waals surface area contributed by atoms with Crippen LogP contribution in [0.5, 0.6) is 11.5 Å². The van der Waals surface area contributed by atoms with E-state index in [0.717, 1.165) is 31.4 Å². The highest BCUT2D eigenvalue weighted by molar-refractivity contribution is 5.75. The molecule has 1 aromatic rings. The second-order valence-electron chi connectivity index (χ2n) is 5.11. The largest absolute Gasteiger partial charge is 0.493 e. The fourth-order valence-electron chi connectivity index (χ4n) is 2.46. The number of methoxy groups -OCH3 is 2. The van der Waals surface area contributed by atoms with Gasteiger partial charge in [-0.3, -0.25) is 4.79 Å². The van der Waals surface area contributed by atoms with Crippen LogP contribution in [0.1, 0.15) is 24.8 Å². The van der Waals surface area contributed by atoms with E-state index in [9.17, 15) is 4.79 Å². The zero-order valence-corrected chi connectivity index (χ0v) is 12.7. The number of nitrogens with one attached hydrogen (secondary N) is 1. The van der Waals surface area contributed by atoms with Crippen molar-refractivity contribution in [2.24, 2.45) is 0 Å². The molecule has 1 aromatic carbocycles.